The molecule has 6 heteroatoms. The number of hydrogen-bond donors (Lipinski definition) is 1. The van der Waals surface area contributed by atoms with Gasteiger partial charge in [0.25, 0.3) is 5.91 Å². The summed E-state index contributed by atoms with van der Waals surface area (Å²) in [5, 5.41) is 2.85. The second-order valence-electron chi connectivity index (χ2n) is 6.95. The predicted molar refractivity (Wildman–Crippen MR) is 102 cm³/mol. The van der Waals surface area contributed by atoms with Crippen LogP contribution in [0.2, 0.25) is 0 Å². The van der Waals surface area contributed by atoms with Gasteiger partial charge in [-0.3, -0.25) is 4.79 Å². The molecular formula is C21H24N2O4. The van der Waals surface area contributed by atoms with Crippen LogP contribution in [0.3, 0.4) is 0 Å². The van der Waals surface area contributed by atoms with Crippen molar-refractivity contribution in [2.45, 2.75) is 32.1 Å². The average Bonchev–Trinajstić information content (AvgIpc) is 2.73. The maximum absolute atomic E-state index is 12.8. The standard InChI is InChI=1S/C21H24N2O4/c24-21(16-8-4-9-17-19(16)26-13-12-25-17)23-20-18(10-5-11-22-20)27-14-15-6-2-1-3-7-15/h4-5,8-11,15H,1-3,6-7,12-14H2,(H,22,23,24). The number of benzene rings is 1. The van der Waals surface area contributed by atoms with E-state index in [1.807, 2.05) is 12.1 Å². The lowest BCUT2D eigenvalue weighted by atomic mass is 9.90. The van der Waals surface area contributed by atoms with Crippen LogP contribution < -0.4 is 19.5 Å². The molecule has 2 heterocycles. The normalized spacial score (nSPS) is 16.6. The highest BCUT2D eigenvalue weighted by molar-refractivity contribution is 6.06. The molecule has 6 nitrogen and oxygen atoms in total. The summed E-state index contributed by atoms with van der Waals surface area (Å²) < 4.78 is 17.2. The molecule has 1 aromatic carbocycles. The number of carbonyl (C=O) groups is 1. The Bertz CT molecular complexity index is 803. The number of ether oxygens (including phenoxy) is 3. The number of hydrogen-bond acceptors (Lipinski definition) is 5. The summed E-state index contributed by atoms with van der Waals surface area (Å²) in [6.45, 7) is 1.57. The van der Waals surface area contributed by atoms with Gasteiger partial charge in [0, 0.05) is 6.20 Å². The fourth-order valence-corrected chi connectivity index (χ4v) is 3.59. The highest BCUT2D eigenvalue weighted by Gasteiger charge is 2.22. The fraction of sp³-hybridized carbons (Fsp3) is 0.429. The van der Waals surface area contributed by atoms with Gasteiger partial charge in [-0.05, 0) is 43.0 Å². The van der Waals surface area contributed by atoms with Crippen molar-refractivity contribution in [3.05, 3.63) is 42.1 Å². The predicted octanol–water partition coefficient (Wildman–Crippen LogP) is 4.06. The number of carbonyl (C=O) groups excluding carboxylic acids is 1. The first-order valence-corrected chi connectivity index (χ1v) is 9.59. The van der Waals surface area contributed by atoms with Crippen LogP contribution in [-0.2, 0) is 0 Å². The third-order valence-corrected chi connectivity index (χ3v) is 5.01. The van der Waals surface area contributed by atoms with Crippen molar-refractivity contribution >= 4 is 11.7 Å². The van der Waals surface area contributed by atoms with Crippen LogP contribution in [0.1, 0.15) is 42.5 Å². The van der Waals surface area contributed by atoms with Gasteiger partial charge >= 0.3 is 0 Å². The molecular weight excluding hydrogens is 344 g/mol. The Labute approximate surface area is 158 Å². The largest absolute Gasteiger partial charge is 0.489 e. The number of amides is 1. The maximum Gasteiger partial charge on any atom is 0.260 e. The minimum absolute atomic E-state index is 0.293. The van der Waals surface area contributed by atoms with Gasteiger partial charge in [-0.25, -0.2) is 4.98 Å². The van der Waals surface area contributed by atoms with Crippen LogP contribution in [0, 0.1) is 5.92 Å². The molecule has 2 aromatic rings. The Hall–Kier alpha value is -2.76. The molecule has 1 aliphatic carbocycles. The van der Waals surface area contributed by atoms with Gasteiger partial charge < -0.3 is 19.5 Å². The fourth-order valence-electron chi connectivity index (χ4n) is 3.59. The third-order valence-electron chi connectivity index (χ3n) is 5.01. The topological polar surface area (TPSA) is 69.7 Å². The molecule has 4 rings (SSSR count). The number of aromatic nitrogens is 1. The van der Waals surface area contributed by atoms with E-state index < -0.39 is 0 Å². The monoisotopic (exact) mass is 368 g/mol. The lowest BCUT2D eigenvalue weighted by Gasteiger charge is -2.22. The van der Waals surface area contributed by atoms with E-state index in [4.69, 9.17) is 14.2 Å². The Kier molecular flexibility index (Phi) is 5.42. The molecule has 0 saturated heterocycles. The van der Waals surface area contributed by atoms with E-state index in [9.17, 15) is 4.79 Å². The molecule has 1 amide bonds. The van der Waals surface area contributed by atoms with Crippen molar-refractivity contribution in [1.82, 2.24) is 4.98 Å². The molecule has 27 heavy (non-hydrogen) atoms. The summed E-state index contributed by atoms with van der Waals surface area (Å²) >= 11 is 0. The van der Waals surface area contributed by atoms with Gasteiger partial charge in [0.05, 0.1) is 12.2 Å². The first-order chi connectivity index (χ1) is 13.3. The maximum atomic E-state index is 12.8. The number of anilines is 1. The summed E-state index contributed by atoms with van der Waals surface area (Å²) in [4.78, 5) is 17.1. The SMILES string of the molecule is O=C(Nc1ncccc1OCC1CCCCC1)c1cccc2c1OCCO2. The van der Waals surface area contributed by atoms with Crippen molar-refractivity contribution in [2.24, 2.45) is 5.92 Å². The van der Waals surface area contributed by atoms with Crippen LogP contribution in [0.15, 0.2) is 36.5 Å². The van der Waals surface area contributed by atoms with Crippen LogP contribution in [0.4, 0.5) is 5.82 Å². The van der Waals surface area contributed by atoms with E-state index in [-0.39, 0.29) is 5.91 Å². The summed E-state index contributed by atoms with van der Waals surface area (Å²) in [7, 11) is 0. The Morgan fingerprint density at radius 1 is 1.11 bits per heavy atom. The Balaban J connectivity index is 1.47. The number of nitrogens with one attached hydrogen (secondary N) is 1. The smallest absolute Gasteiger partial charge is 0.260 e. The summed E-state index contributed by atoms with van der Waals surface area (Å²) in [6.07, 6.45) is 7.91. The van der Waals surface area contributed by atoms with Gasteiger partial charge in [-0.15, -0.1) is 0 Å². The molecule has 0 bridgehead atoms. The number of nitrogens with zero attached hydrogens (tertiary/aromatic N) is 1. The highest BCUT2D eigenvalue weighted by Crippen LogP contribution is 2.34. The second kappa shape index (κ2) is 8.29. The second-order valence-corrected chi connectivity index (χ2v) is 6.95. The van der Waals surface area contributed by atoms with Crippen LogP contribution in [0.5, 0.6) is 17.2 Å². The molecule has 0 radical (unpaired) electrons. The summed E-state index contributed by atoms with van der Waals surface area (Å²) in [5.74, 6) is 2.37. The molecule has 1 aromatic heterocycles. The molecule has 0 unspecified atom stereocenters. The molecule has 2 aliphatic rings. The Morgan fingerprint density at radius 2 is 1.96 bits per heavy atom. The quantitative estimate of drug-likeness (QED) is 0.862. The van der Waals surface area contributed by atoms with Crippen molar-refractivity contribution in [1.29, 1.82) is 0 Å². The van der Waals surface area contributed by atoms with E-state index in [0.29, 0.717) is 54.4 Å². The lowest BCUT2D eigenvalue weighted by molar-refractivity contribution is 0.101. The van der Waals surface area contributed by atoms with E-state index in [2.05, 4.69) is 10.3 Å². The molecule has 1 N–H and O–H groups in total. The average molecular weight is 368 g/mol. The molecule has 142 valence electrons. The van der Waals surface area contributed by atoms with E-state index >= 15 is 0 Å². The zero-order valence-electron chi connectivity index (χ0n) is 15.3. The zero-order valence-corrected chi connectivity index (χ0v) is 15.3. The van der Waals surface area contributed by atoms with Crippen molar-refractivity contribution in [3.63, 3.8) is 0 Å². The van der Waals surface area contributed by atoms with E-state index in [1.54, 1.807) is 24.4 Å². The number of pyridine rings is 1. The molecule has 1 aliphatic heterocycles. The van der Waals surface area contributed by atoms with Crippen molar-refractivity contribution in [2.75, 3.05) is 25.1 Å². The van der Waals surface area contributed by atoms with Gasteiger partial charge in [0.15, 0.2) is 23.1 Å². The van der Waals surface area contributed by atoms with Crippen LogP contribution in [0.25, 0.3) is 0 Å². The van der Waals surface area contributed by atoms with Gasteiger partial charge in [0.2, 0.25) is 0 Å². The van der Waals surface area contributed by atoms with E-state index in [0.717, 1.165) is 0 Å². The minimum atomic E-state index is -0.293. The first-order valence-electron chi connectivity index (χ1n) is 9.59. The third kappa shape index (κ3) is 4.15. The Morgan fingerprint density at radius 3 is 2.85 bits per heavy atom. The van der Waals surface area contributed by atoms with E-state index in [1.165, 1.54) is 32.1 Å². The van der Waals surface area contributed by atoms with Crippen molar-refractivity contribution in [3.8, 4) is 17.2 Å². The molecule has 1 fully saturated rings. The van der Waals surface area contributed by atoms with Gasteiger partial charge in [-0.2, -0.15) is 0 Å². The molecule has 0 spiro atoms. The van der Waals surface area contributed by atoms with Crippen LogP contribution in [-0.4, -0.2) is 30.7 Å². The highest BCUT2D eigenvalue weighted by atomic mass is 16.6. The number of rotatable bonds is 5. The zero-order chi connectivity index (χ0) is 18.5. The van der Waals surface area contributed by atoms with Crippen LogP contribution >= 0.6 is 0 Å². The molecule has 0 atom stereocenters. The number of para-hydroxylation sites is 1. The summed E-state index contributed by atoms with van der Waals surface area (Å²) in [6, 6.07) is 8.94. The first kappa shape index (κ1) is 17.6. The number of fused-ring (bicyclic) bond motifs is 1. The van der Waals surface area contributed by atoms with Gasteiger partial charge in [0.1, 0.15) is 13.2 Å². The van der Waals surface area contributed by atoms with Gasteiger partial charge in [-0.1, -0.05) is 25.3 Å². The lowest BCUT2D eigenvalue weighted by Crippen LogP contribution is -2.21. The minimum Gasteiger partial charge on any atom is -0.489 e. The summed E-state index contributed by atoms with van der Waals surface area (Å²) in [5.41, 5.74) is 0.427. The molecule has 1 saturated carbocycles. The van der Waals surface area contributed by atoms with Crippen molar-refractivity contribution < 1.29 is 19.0 Å².